The topological polar surface area (TPSA) is 96.8 Å². The Morgan fingerprint density at radius 1 is 1.19 bits per heavy atom. The molecule has 0 bridgehead atoms. The summed E-state index contributed by atoms with van der Waals surface area (Å²) in [5, 5.41) is 7.02. The molecule has 1 aromatic heterocycles. The van der Waals surface area contributed by atoms with Crippen LogP contribution in [0.4, 0.5) is 4.39 Å². The molecule has 2 amide bonds. The van der Waals surface area contributed by atoms with Gasteiger partial charge in [-0.15, -0.1) is 0 Å². The molecule has 32 heavy (non-hydrogen) atoms. The number of piperazine rings is 1. The van der Waals surface area contributed by atoms with Gasteiger partial charge in [0.15, 0.2) is 5.69 Å². The Kier molecular flexibility index (Phi) is 8.07. The van der Waals surface area contributed by atoms with Crippen molar-refractivity contribution in [2.24, 2.45) is 0 Å². The average Bonchev–Trinajstić information content (AvgIpc) is 2.78. The van der Waals surface area contributed by atoms with Gasteiger partial charge in [0, 0.05) is 58.2 Å². The second-order valence-electron chi connectivity index (χ2n) is 7.63. The summed E-state index contributed by atoms with van der Waals surface area (Å²) in [6.45, 7) is 4.77. The van der Waals surface area contributed by atoms with Crippen LogP contribution in [0.5, 0.6) is 0 Å². The van der Waals surface area contributed by atoms with Gasteiger partial charge < -0.3 is 15.0 Å². The molecule has 1 aliphatic rings. The lowest BCUT2D eigenvalue weighted by atomic mass is 10.2. The molecule has 1 aliphatic heterocycles. The predicted octanol–water partition coefficient (Wildman–Crippen LogP) is 0.591. The number of nitrogens with zero attached hydrogens (tertiary/aromatic N) is 4. The van der Waals surface area contributed by atoms with Crippen molar-refractivity contribution in [2.45, 2.75) is 13.3 Å². The van der Waals surface area contributed by atoms with Crippen molar-refractivity contribution in [3.63, 3.8) is 0 Å². The van der Waals surface area contributed by atoms with Gasteiger partial charge in [-0.25, -0.2) is 9.07 Å². The van der Waals surface area contributed by atoms with Gasteiger partial charge in [-0.3, -0.25) is 19.3 Å². The van der Waals surface area contributed by atoms with Crippen LogP contribution in [0.3, 0.4) is 0 Å². The average molecular weight is 445 g/mol. The number of methoxy groups -OCH3 is 1. The van der Waals surface area contributed by atoms with Crippen molar-refractivity contribution in [3.8, 4) is 5.69 Å². The highest BCUT2D eigenvalue weighted by molar-refractivity contribution is 5.92. The number of hydrogen-bond acceptors (Lipinski definition) is 6. The number of benzene rings is 1. The molecule has 0 atom stereocenters. The van der Waals surface area contributed by atoms with E-state index >= 15 is 0 Å². The van der Waals surface area contributed by atoms with Crippen LogP contribution >= 0.6 is 0 Å². The van der Waals surface area contributed by atoms with Gasteiger partial charge in [-0.2, -0.15) is 5.10 Å². The number of halogens is 1. The third kappa shape index (κ3) is 5.77. The van der Waals surface area contributed by atoms with Crippen LogP contribution in [0.1, 0.15) is 22.6 Å². The summed E-state index contributed by atoms with van der Waals surface area (Å²) in [5.74, 6) is -1.07. The molecule has 172 valence electrons. The summed E-state index contributed by atoms with van der Waals surface area (Å²) in [5.41, 5.74) is -0.153. The Balaban J connectivity index is 1.63. The summed E-state index contributed by atoms with van der Waals surface area (Å²) in [6.07, 6.45) is 0.748. The zero-order valence-electron chi connectivity index (χ0n) is 18.3. The summed E-state index contributed by atoms with van der Waals surface area (Å²) < 4.78 is 20.5. The normalized spacial score (nSPS) is 14.4. The van der Waals surface area contributed by atoms with Crippen LogP contribution in [0.15, 0.2) is 35.1 Å². The number of nitrogens with one attached hydrogen (secondary N) is 1. The molecular weight excluding hydrogens is 417 g/mol. The molecule has 2 aromatic rings. The van der Waals surface area contributed by atoms with E-state index in [1.807, 2.05) is 4.90 Å². The third-order valence-electron chi connectivity index (χ3n) is 5.26. The fourth-order valence-corrected chi connectivity index (χ4v) is 3.53. The lowest BCUT2D eigenvalue weighted by Crippen LogP contribution is -2.52. The van der Waals surface area contributed by atoms with E-state index in [9.17, 15) is 18.8 Å². The van der Waals surface area contributed by atoms with E-state index in [1.165, 1.54) is 27.8 Å². The van der Waals surface area contributed by atoms with Crippen molar-refractivity contribution in [3.05, 3.63) is 57.8 Å². The molecule has 1 fully saturated rings. The number of aryl methyl sites for hydroxylation is 1. The van der Waals surface area contributed by atoms with Gasteiger partial charge in [0.05, 0.1) is 6.54 Å². The monoisotopic (exact) mass is 445 g/mol. The number of hydrogen-bond donors (Lipinski definition) is 1. The molecule has 9 nitrogen and oxygen atoms in total. The molecular formula is C22H28FN5O4. The van der Waals surface area contributed by atoms with E-state index in [0.29, 0.717) is 45.0 Å². The molecule has 0 radical (unpaired) electrons. The lowest BCUT2D eigenvalue weighted by Gasteiger charge is -2.34. The SMILES string of the molecule is COCCCNC(=O)CN1CCN(C(=O)c2nn(-c3ccccc3F)c(C)cc2=O)CC1. The number of rotatable bonds is 8. The summed E-state index contributed by atoms with van der Waals surface area (Å²) in [4.78, 5) is 41.0. The van der Waals surface area contributed by atoms with Crippen LogP contribution in [0.2, 0.25) is 0 Å². The Bertz CT molecular complexity index is 1020. The molecule has 1 N–H and O–H groups in total. The number of amides is 2. The van der Waals surface area contributed by atoms with Gasteiger partial charge in [-0.05, 0) is 25.5 Å². The second-order valence-corrected chi connectivity index (χ2v) is 7.63. The van der Waals surface area contributed by atoms with Crippen molar-refractivity contribution in [1.82, 2.24) is 24.9 Å². The van der Waals surface area contributed by atoms with Crippen molar-refractivity contribution >= 4 is 11.8 Å². The highest BCUT2D eigenvalue weighted by Crippen LogP contribution is 2.14. The van der Waals surface area contributed by atoms with Gasteiger partial charge in [-0.1, -0.05) is 12.1 Å². The predicted molar refractivity (Wildman–Crippen MR) is 116 cm³/mol. The number of ether oxygens (including phenoxy) is 1. The third-order valence-corrected chi connectivity index (χ3v) is 5.26. The molecule has 0 aliphatic carbocycles. The first-order chi connectivity index (χ1) is 15.4. The fraction of sp³-hybridized carbons (Fsp3) is 0.455. The van der Waals surface area contributed by atoms with Crippen LogP contribution in [0.25, 0.3) is 5.69 Å². The first-order valence-corrected chi connectivity index (χ1v) is 10.5. The number of carbonyl (C=O) groups excluding carboxylic acids is 2. The minimum atomic E-state index is -0.502. The molecule has 0 saturated carbocycles. The quantitative estimate of drug-likeness (QED) is 0.598. The van der Waals surface area contributed by atoms with E-state index in [-0.39, 0.29) is 23.8 Å². The summed E-state index contributed by atoms with van der Waals surface area (Å²) >= 11 is 0. The number of carbonyl (C=O) groups is 2. The van der Waals surface area contributed by atoms with E-state index in [1.54, 1.807) is 26.2 Å². The smallest absolute Gasteiger partial charge is 0.278 e. The maximum atomic E-state index is 14.2. The largest absolute Gasteiger partial charge is 0.385 e. The van der Waals surface area contributed by atoms with Crippen molar-refractivity contribution in [1.29, 1.82) is 0 Å². The maximum absolute atomic E-state index is 14.2. The highest BCUT2D eigenvalue weighted by Gasteiger charge is 2.26. The van der Waals surface area contributed by atoms with Gasteiger partial charge >= 0.3 is 0 Å². The van der Waals surface area contributed by atoms with Gasteiger partial charge in [0.25, 0.3) is 5.91 Å². The Morgan fingerprint density at radius 3 is 2.59 bits per heavy atom. The van der Waals surface area contributed by atoms with E-state index in [2.05, 4.69) is 10.4 Å². The Labute approximate surface area is 185 Å². The van der Waals surface area contributed by atoms with E-state index in [4.69, 9.17) is 4.74 Å². The van der Waals surface area contributed by atoms with Crippen LogP contribution in [-0.2, 0) is 9.53 Å². The first-order valence-electron chi connectivity index (χ1n) is 10.5. The second kappa shape index (κ2) is 11.0. The standard InChI is InChI=1S/C22H28FN5O4/c1-16-14-19(29)21(25-28(16)18-7-4-3-6-17(18)23)22(31)27-11-9-26(10-12-27)15-20(30)24-8-5-13-32-2/h3-4,6-7,14H,5,8-13,15H2,1-2H3,(H,24,30). The molecule has 2 heterocycles. The first kappa shape index (κ1) is 23.6. The van der Waals surface area contributed by atoms with Gasteiger partial charge in [0.2, 0.25) is 11.3 Å². The zero-order valence-corrected chi connectivity index (χ0v) is 18.3. The van der Waals surface area contributed by atoms with Gasteiger partial charge in [0.1, 0.15) is 11.5 Å². The molecule has 10 heteroatoms. The Morgan fingerprint density at radius 2 is 1.91 bits per heavy atom. The highest BCUT2D eigenvalue weighted by atomic mass is 19.1. The minimum absolute atomic E-state index is 0.0751. The maximum Gasteiger partial charge on any atom is 0.278 e. The zero-order chi connectivity index (χ0) is 23.1. The molecule has 0 unspecified atom stereocenters. The van der Waals surface area contributed by atoms with E-state index < -0.39 is 17.2 Å². The molecule has 1 aromatic carbocycles. The minimum Gasteiger partial charge on any atom is -0.385 e. The van der Waals surface area contributed by atoms with Crippen molar-refractivity contribution in [2.75, 3.05) is 53.0 Å². The fourth-order valence-electron chi connectivity index (χ4n) is 3.53. The van der Waals surface area contributed by atoms with Crippen molar-refractivity contribution < 1.29 is 18.7 Å². The van der Waals surface area contributed by atoms with Crippen LogP contribution in [-0.4, -0.2) is 84.4 Å². The molecule has 1 saturated heterocycles. The number of para-hydroxylation sites is 1. The molecule has 3 rings (SSSR count). The Hall–Kier alpha value is -3.11. The van der Waals surface area contributed by atoms with Crippen LogP contribution < -0.4 is 10.7 Å². The summed E-state index contributed by atoms with van der Waals surface area (Å²) in [7, 11) is 1.62. The lowest BCUT2D eigenvalue weighted by molar-refractivity contribution is -0.122. The number of aromatic nitrogens is 2. The molecule has 0 spiro atoms. The van der Waals surface area contributed by atoms with E-state index in [0.717, 1.165) is 6.42 Å². The van der Waals surface area contributed by atoms with Crippen LogP contribution in [0, 0.1) is 12.7 Å². The summed E-state index contributed by atoms with van der Waals surface area (Å²) in [6, 6.07) is 7.33.